The van der Waals surface area contributed by atoms with Crippen molar-refractivity contribution in [3.05, 3.63) is 71.2 Å². The normalized spacial score (nSPS) is 18.0. The Bertz CT molecular complexity index is 1040. The van der Waals surface area contributed by atoms with Crippen molar-refractivity contribution in [2.24, 2.45) is 0 Å². The Balaban J connectivity index is 1.17. The summed E-state index contributed by atoms with van der Waals surface area (Å²) in [6, 6.07) is 15.4. The second-order valence-corrected chi connectivity index (χ2v) is 8.38. The predicted molar refractivity (Wildman–Crippen MR) is 116 cm³/mol. The van der Waals surface area contributed by atoms with Crippen molar-refractivity contribution in [3.8, 4) is 0 Å². The zero-order valence-corrected chi connectivity index (χ0v) is 17.1. The second kappa shape index (κ2) is 8.20. The van der Waals surface area contributed by atoms with E-state index >= 15 is 0 Å². The Kier molecular flexibility index (Phi) is 5.27. The minimum Gasteiger partial charge on any atom is -0.358 e. The third kappa shape index (κ3) is 3.98. The highest BCUT2D eigenvalue weighted by Gasteiger charge is 2.26. The minimum atomic E-state index is -0.235. The number of hydrogen-bond acceptors (Lipinski definition) is 3. The molecule has 2 aromatic carbocycles. The van der Waals surface area contributed by atoms with E-state index in [4.69, 9.17) is 0 Å². The molecule has 0 atom stereocenters. The topological polar surface area (TPSA) is 42.6 Å². The van der Waals surface area contributed by atoms with Gasteiger partial charge < -0.3 is 9.88 Å². The molecular weight excluding hydrogens is 379 g/mol. The lowest BCUT2D eigenvalue weighted by molar-refractivity contribution is -0.133. The highest BCUT2D eigenvalue weighted by atomic mass is 19.1. The van der Waals surface area contributed by atoms with Crippen LogP contribution in [-0.2, 0) is 24.3 Å². The predicted octanol–water partition coefficient (Wildman–Crippen LogP) is 3.01. The fraction of sp³-hybridized carbons (Fsp3) is 0.375. The van der Waals surface area contributed by atoms with Gasteiger partial charge in [-0.1, -0.05) is 30.3 Å². The Labute approximate surface area is 176 Å². The van der Waals surface area contributed by atoms with E-state index in [9.17, 15) is 9.18 Å². The zero-order valence-electron chi connectivity index (χ0n) is 17.1. The average molecular weight is 407 g/mol. The second-order valence-electron chi connectivity index (χ2n) is 8.38. The molecule has 0 bridgehead atoms. The van der Waals surface area contributed by atoms with Gasteiger partial charge >= 0.3 is 0 Å². The number of nitrogens with one attached hydrogen (secondary N) is 1. The lowest BCUT2D eigenvalue weighted by atomic mass is 10.0. The van der Waals surface area contributed by atoms with Gasteiger partial charge in [-0.3, -0.25) is 14.6 Å². The van der Waals surface area contributed by atoms with Gasteiger partial charge in [0.2, 0.25) is 5.91 Å². The minimum absolute atomic E-state index is 0.169. The molecule has 0 unspecified atom stereocenters. The quantitative estimate of drug-likeness (QED) is 0.724. The van der Waals surface area contributed by atoms with E-state index in [2.05, 4.69) is 39.0 Å². The van der Waals surface area contributed by atoms with Gasteiger partial charge in [-0.2, -0.15) is 0 Å². The van der Waals surface area contributed by atoms with Crippen molar-refractivity contribution in [1.82, 2.24) is 19.7 Å². The van der Waals surface area contributed by atoms with Crippen LogP contribution in [0.4, 0.5) is 4.39 Å². The number of H-pyrrole nitrogens is 1. The number of aromatic amines is 1. The number of carbonyl (C=O) groups excluding carboxylic acids is 1. The van der Waals surface area contributed by atoms with Crippen molar-refractivity contribution in [3.63, 3.8) is 0 Å². The van der Waals surface area contributed by atoms with E-state index in [0.29, 0.717) is 13.1 Å². The third-order valence-electron chi connectivity index (χ3n) is 6.36. The molecule has 1 fully saturated rings. The van der Waals surface area contributed by atoms with Crippen LogP contribution in [0, 0.1) is 5.82 Å². The molecule has 1 aromatic heterocycles. The summed E-state index contributed by atoms with van der Waals surface area (Å²) in [6.07, 6.45) is 0.794. The molecule has 30 heavy (non-hydrogen) atoms. The Hall–Kier alpha value is -2.70. The molecule has 1 amide bonds. The number of fused-ring (bicyclic) bond motifs is 3. The van der Waals surface area contributed by atoms with Crippen LogP contribution in [-0.4, -0.2) is 64.9 Å². The SMILES string of the molecule is O=C(CN1CCN(Cc2ccccc2)CC1)N1CCc2[nH]c3ccc(F)cc3c2C1. The highest BCUT2D eigenvalue weighted by molar-refractivity contribution is 5.86. The molecule has 1 saturated heterocycles. The molecule has 3 aromatic rings. The number of aromatic nitrogens is 1. The van der Waals surface area contributed by atoms with Gasteiger partial charge in [0.15, 0.2) is 0 Å². The lowest BCUT2D eigenvalue weighted by Gasteiger charge is -2.36. The molecular formula is C24H27FN4O. The summed E-state index contributed by atoms with van der Waals surface area (Å²) in [5.74, 6) is -0.0657. The van der Waals surface area contributed by atoms with Gasteiger partial charge in [-0.15, -0.1) is 0 Å². The van der Waals surface area contributed by atoms with Crippen LogP contribution in [0.2, 0.25) is 0 Å². The number of hydrogen-bond donors (Lipinski definition) is 1. The van der Waals surface area contributed by atoms with Gasteiger partial charge in [0, 0.05) is 74.4 Å². The monoisotopic (exact) mass is 406 g/mol. The molecule has 5 rings (SSSR count). The number of amides is 1. The largest absolute Gasteiger partial charge is 0.358 e. The molecule has 0 aliphatic carbocycles. The van der Waals surface area contributed by atoms with Crippen LogP contribution in [0.1, 0.15) is 16.8 Å². The molecule has 6 heteroatoms. The molecule has 1 N–H and O–H groups in total. The van der Waals surface area contributed by atoms with Gasteiger partial charge in [-0.05, 0) is 23.8 Å². The van der Waals surface area contributed by atoms with Crippen molar-refractivity contribution in [1.29, 1.82) is 0 Å². The molecule has 0 saturated carbocycles. The summed E-state index contributed by atoms with van der Waals surface area (Å²) < 4.78 is 13.7. The average Bonchev–Trinajstić information content (AvgIpc) is 3.13. The fourth-order valence-electron chi connectivity index (χ4n) is 4.64. The zero-order chi connectivity index (χ0) is 20.5. The molecule has 3 heterocycles. The van der Waals surface area contributed by atoms with Gasteiger partial charge in [0.1, 0.15) is 5.82 Å². The lowest BCUT2D eigenvalue weighted by Crippen LogP contribution is -2.50. The number of halogens is 1. The summed E-state index contributed by atoms with van der Waals surface area (Å²) in [4.78, 5) is 23.0. The van der Waals surface area contributed by atoms with E-state index in [1.165, 1.54) is 11.6 Å². The first-order valence-electron chi connectivity index (χ1n) is 10.7. The molecule has 0 spiro atoms. The van der Waals surface area contributed by atoms with Crippen LogP contribution in [0.25, 0.3) is 10.9 Å². The van der Waals surface area contributed by atoms with E-state index in [1.807, 2.05) is 11.0 Å². The Morgan fingerprint density at radius 3 is 2.53 bits per heavy atom. The van der Waals surface area contributed by atoms with E-state index < -0.39 is 0 Å². The van der Waals surface area contributed by atoms with E-state index in [0.717, 1.165) is 67.8 Å². The van der Waals surface area contributed by atoms with Crippen molar-refractivity contribution >= 4 is 16.8 Å². The number of benzene rings is 2. The maximum atomic E-state index is 13.7. The summed E-state index contributed by atoms with van der Waals surface area (Å²) in [5, 5.41) is 0.900. The van der Waals surface area contributed by atoms with Gasteiger partial charge in [0.05, 0.1) is 6.54 Å². The first-order chi connectivity index (χ1) is 14.7. The number of piperazine rings is 1. The Morgan fingerprint density at radius 1 is 0.967 bits per heavy atom. The van der Waals surface area contributed by atoms with Crippen molar-refractivity contribution in [2.45, 2.75) is 19.5 Å². The van der Waals surface area contributed by atoms with Crippen LogP contribution in [0.15, 0.2) is 48.5 Å². The van der Waals surface area contributed by atoms with E-state index in [-0.39, 0.29) is 11.7 Å². The summed E-state index contributed by atoms with van der Waals surface area (Å²) in [6.45, 7) is 6.49. The van der Waals surface area contributed by atoms with Gasteiger partial charge in [0.25, 0.3) is 0 Å². The Morgan fingerprint density at radius 2 is 1.73 bits per heavy atom. The highest BCUT2D eigenvalue weighted by Crippen LogP contribution is 2.28. The van der Waals surface area contributed by atoms with Crippen molar-refractivity contribution < 1.29 is 9.18 Å². The first kappa shape index (κ1) is 19.3. The molecule has 0 radical (unpaired) electrons. The van der Waals surface area contributed by atoms with Crippen molar-refractivity contribution in [2.75, 3.05) is 39.3 Å². The van der Waals surface area contributed by atoms with Gasteiger partial charge in [-0.25, -0.2) is 4.39 Å². The standard InChI is InChI=1S/C24H27FN4O/c25-19-6-7-22-20(14-19)21-16-29(9-8-23(21)26-22)24(30)17-28-12-10-27(11-13-28)15-18-4-2-1-3-5-18/h1-7,14,26H,8-13,15-17H2. The van der Waals surface area contributed by atoms with Crippen LogP contribution in [0.3, 0.4) is 0 Å². The summed E-state index contributed by atoms with van der Waals surface area (Å²) in [7, 11) is 0. The fourth-order valence-corrected chi connectivity index (χ4v) is 4.64. The molecule has 156 valence electrons. The van der Waals surface area contributed by atoms with Crippen LogP contribution >= 0.6 is 0 Å². The molecule has 5 nitrogen and oxygen atoms in total. The number of nitrogens with zero attached hydrogens (tertiary/aromatic N) is 3. The number of carbonyl (C=O) groups is 1. The smallest absolute Gasteiger partial charge is 0.237 e. The molecule has 2 aliphatic heterocycles. The molecule has 2 aliphatic rings. The maximum absolute atomic E-state index is 13.7. The maximum Gasteiger partial charge on any atom is 0.237 e. The third-order valence-corrected chi connectivity index (χ3v) is 6.36. The summed E-state index contributed by atoms with van der Waals surface area (Å²) >= 11 is 0. The summed E-state index contributed by atoms with van der Waals surface area (Å²) in [5.41, 5.74) is 4.48. The van der Waals surface area contributed by atoms with Crippen LogP contribution < -0.4 is 0 Å². The van der Waals surface area contributed by atoms with Crippen LogP contribution in [0.5, 0.6) is 0 Å². The first-order valence-corrected chi connectivity index (χ1v) is 10.7. The van der Waals surface area contributed by atoms with E-state index in [1.54, 1.807) is 12.1 Å². The number of rotatable bonds is 4.